The summed E-state index contributed by atoms with van der Waals surface area (Å²) in [6, 6.07) is 8.73. The van der Waals surface area contributed by atoms with E-state index in [0.29, 0.717) is 5.92 Å². The fourth-order valence-corrected chi connectivity index (χ4v) is 2.44. The van der Waals surface area contributed by atoms with Crippen molar-refractivity contribution in [1.29, 1.82) is 0 Å². The van der Waals surface area contributed by atoms with E-state index < -0.39 is 0 Å². The average Bonchev–Trinajstić information content (AvgIpc) is 2.38. The van der Waals surface area contributed by atoms with Gasteiger partial charge in [0, 0.05) is 6.04 Å². The highest BCUT2D eigenvalue weighted by molar-refractivity contribution is 5.83. The van der Waals surface area contributed by atoms with Gasteiger partial charge in [-0.25, -0.2) is 0 Å². The first-order chi connectivity index (χ1) is 9.43. The molecule has 0 aliphatic heterocycles. The number of amides is 1. The normalized spacial score (nSPS) is 14.1. The van der Waals surface area contributed by atoms with Gasteiger partial charge in [0.2, 0.25) is 5.91 Å². The predicted octanol–water partition coefficient (Wildman–Crippen LogP) is 4.29. The Morgan fingerprint density at radius 3 is 2.20 bits per heavy atom. The van der Waals surface area contributed by atoms with Gasteiger partial charge in [-0.2, -0.15) is 0 Å². The van der Waals surface area contributed by atoms with Crippen LogP contribution in [0.5, 0.6) is 0 Å². The van der Waals surface area contributed by atoms with Crippen LogP contribution < -0.4 is 5.32 Å². The quantitative estimate of drug-likeness (QED) is 0.790. The van der Waals surface area contributed by atoms with Crippen molar-refractivity contribution in [3.8, 4) is 0 Å². The summed E-state index contributed by atoms with van der Waals surface area (Å²) in [4.78, 5) is 12.2. The van der Waals surface area contributed by atoms with E-state index in [1.807, 2.05) is 6.92 Å². The number of carbonyl (C=O) groups is 1. The first-order valence-corrected chi connectivity index (χ1v) is 7.83. The number of carbonyl (C=O) groups excluding carboxylic acids is 1. The van der Waals surface area contributed by atoms with Crippen LogP contribution in [-0.4, -0.2) is 11.9 Å². The second-order valence-corrected chi connectivity index (χ2v) is 6.26. The Morgan fingerprint density at radius 1 is 1.10 bits per heavy atom. The fraction of sp³-hybridized carbons (Fsp3) is 0.611. The van der Waals surface area contributed by atoms with Crippen LogP contribution in [0.15, 0.2) is 24.3 Å². The monoisotopic (exact) mass is 275 g/mol. The van der Waals surface area contributed by atoms with E-state index >= 15 is 0 Å². The number of rotatable bonds is 7. The average molecular weight is 275 g/mol. The molecule has 0 unspecified atom stereocenters. The van der Waals surface area contributed by atoms with Gasteiger partial charge in [-0.1, -0.05) is 51.5 Å². The highest BCUT2D eigenvalue weighted by atomic mass is 16.1. The minimum absolute atomic E-state index is 0.0811. The van der Waals surface area contributed by atoms with Crippen LogP contribution in [0.2, 0.25) is 0 Å². The maximum atomic E-state index is 12.2. The van der Waals surface area contributed by atoms with Crippen molar-refractivity contribution in [2.24, 2.45) is 5.92 Å². The van der Waals surface area contributed by atoms with Gasteiger partial charge in [-0.3, -0.25) is 4.79 Å². The summed E-state index contributed by atoms with van der Waals surface area (Å²) in [5.74, 6) is 0.710. The number of benzene rings is 1. The minimum Gasteiger partial charge on any atom is -0.353 e. The summed E-state index contributed by atoms with van der Waals surface area (Å²) in [5, 5.41) is 3.09. The Bertz CT molecular complexity index is 408. The van der Waals surface area contributed by atoms with Crippen molar-refractivity contribution in [1.82, 2.24) is 5.32 Å². The molecule has 2 heteroatoms. The number of nitrogens with one attached hydrogen (secondary N) is 1. The van der Waals surface area contributed by atoms with Crippen molar-refractivity contribution in [3.63, 3.8) is 0 Å². The second-order valence-electron chi connectivity index (χ2n) is 6.26. The first kappa shape index (κ1) is 16.7. The SMILES string of the molecule is CCC[C@@H](C)NC(=O)[C@@H](C)c1ccc(CC(C)C)cc1. The molecule has 2 atom stereocenters. The number of hydrogen-bond acceptors (Lipinski definition) is 1. The molecule has 1 rings (SSSR count). The standard InChI is InChI=1S/C18H29NO/c1-6-7-14(4)19-18(20)15(5)17-10-8-16(9-11-17)12-13(2)3/h8-11,13-15H,6-7,12H2,1-5H3,(H,19,20)/t14-,15+/m1/s1. The Labute approximate surface area is 124 Å². The van der Waals surface area contributed by atoms with Crippen LogP contribution in [0.1, 0.15) is 64.5 Å². The van der Waals surface area contributed by atoms with Crippen molar-refractivity contribution < 1.29 is 4.79 Å². The summed E-state index contributed by atoms with van der Waals surface area (Å²) in [6.45, 7) is 10.6. The fourth-order valence-electron chi connectivity index (χ4n) is 2.44. The molecule has 20 heavy (non-hydrogen) atoms. The van der Waals surface area contributed by atoms with Crippen LogP contribution in [-0.2, 0) is 11.2 Å². The van der Waals surface area contributed by atoms with Crippen LogP contribution in [0.4, 0.5) is 0 Å². The zero-order chi connectivity index (χ0) is 15.1. The largest absolute Gasteiger partial charge is 0.353 e. The van der Waals surface area contributed by atoms with E-state index in [-0.39, 0.29) is 17.9 Å². The molecule has 0 radical (unpaired) electrons. The minimum atomic E-state index is -0.0811. The highest BCUT2D eigenvalue weighted by Gasteiger charge is 2.16. The summed E-state index contributed by atoms with van der Waals surface area (Å²) >= 11 is 0. The van der Waals surface area contributed by atoms with Crippen LogP contribution in [0, 0.1) is 5.92 Å². The van der Waals surface area contributed by atoms with Crippen molar-refractivity contribution in [2.75, 3.05) is 0 Å². The topological polar surface area (TPSA) is 29.1 Å². The molecule has 0 spiro atoms. The molecule has 0 bridgehead atoms. The molecule has 1 N–H and O–H groups in total. The Balaban J connectivity index is 2.62. The zero-order valence-corrected chi connectivity index (χ0v) is 13.6. The van der Waals surface area contributed by atoms with E-state index in [2.05, 4.69) is 57.3 Å². The Morgan fingerprint density at radius 2 is 1.70 bits per heavy atom. The van der Waals surface area contributed by atoms with E-state index in [4.69, 9.17) is 0 Å². The van der Waals surface area contributed by atoms with Gasteiger partial charge in [-0.05, 0) is 43.7 Å². The third-order valence-corrected chi connectivity index (χ3v) is 3.63. The molecule has 0 aliphatic rings. The van der Waals surface area contributed by atoms with Gasteiger partial charge in [0.15, 0.2) is 0 Å². The molecule has 0 heterocycles. The molecule has 0 saturated carbocycles. The smallest absolute Gasteiger partial charge is 0.227 e. The lowest BCUT2D eigenvalue weighted by Gasteiger charge is -2.17. The molecular weight excluding hydrogens is 246 g/mol. The van der Waals surface area contributed by atoms with E-state index in [1.54, 1.807) is 0 Å². The summed E-state index contributed by atoms with van der Waals surface area (Å²) < 4.78 is 0. The third kappa shape index (κ3) is 5.36. The summed E-state index contributed by atoms with van der Waals surface area (Å²) in [6.07, 6.45) is 3.22. The van der Waals surface area contributed by atoms with Gasteiger partial charge in [0.05, 0.1) is 5.92 Å². The molecule has 112 valence electrons. The predicted molar refractivity (Wildman–Crippen MR) is 85.9 cm³/mol. The van der Waals surface area contributed by atoms with Gasteiger partial charge in [0.1, 0.15) is 0 Å². The van der Waals surface area contributed by atoms with Crippen LogP contribution in [0.25, 0.3) is 0 Å². The van der Waals surface area contributed by atoms with Gasteiger partial charge in [-0.15, -0.1) is 0 Å². The summed E-state index contributed by atoms with van der Waals surface area (Å²) in [7, 11) is 0. The maximum absolute atomic E-state index is 12.2. The highest BCUT2D eigenvalue weighted by Crippen LogP contribution is 2.18. The van der Waals surface area contributed by atoms with Gasteiger partial charge in [0.25, 0.3) is 0 Å². The van der Waals surface area contributed by atoms with E-state index in [9.17, 15) is 4.79 Å². The molecule has 1 amide bonds. The van der Waals surface area contributed by atoms with Crippen molar-refractivity contribution in [3.05, 3.63) is 35.4 Å². The number of hydrogen-bond donors (Lipinski definition) is 1. The van der Waals surface area contributed by atoms with E-state index in [1.165, 1.54) is 5.56 Å². The zero-order valence-electron chi connectivity index (χ0n) is 13.6. The molecule has 0 fully saturated rings. The third-order valence-electron chi connectivity index (χ3n) is 3.63. The molecular formula is C18H29NO. The van der Waals surface area contributed by atoms with Gasteiger partial charge < -0.3 is 5.32 Å². The molecule has 1 aromatic carbocycles. The van der Waals surface area contributed by atoms with Crippen LogP contribution in [0.3, 0.4) is 0 Å². The lowest BCUT2D eigenvalue weighted by atomic mass is 9.96. The van der Waals surface area contributed by atoms with Crippen LogP contribution >= 0.6 is 0 Å². The Hall–Kier alpha value is -1.31. The lowest BCUT2D eigenvalue weighted by Crippen LogP contribution is -2.35. The molecule has 2 nitrogen and oxygen atoms in total. The first-order valence-electron chi connectivity index (χ1n) is 7.83. The van der Waals surface area contributed by atoms with Crippen molar-refractivity contribution >= 4 is 5.91 Å². The molecule has 1 aromatic rings. The van der Waals surface area contributed by atoms with E-state index in [0.717, 1.165) is 24.8 Å². The molecule has 0 aromatic heterocycles. The Kier molecular flexibility index (Phi) is 6.77. The molecule has 0 saturated heterocycles. The summed E-state index contributed by atoms with van der Waals surface area (Å²) in [5.41, 5.74) is 2.44. The van der Waals surface area contributed by atoms with Crippen molar-refractivity contribution in [2.45, 2.75) is 65.8 Å². The van der Waals surface area contributed by atoms with Gasteiger partial charge >= 0.3 is 0 Å². The lowest BCUT2D eigenvalue weighted by molar-refractivity contribution is -0.122. The second kappa shape index (κ2) is 8.08. The molecule has 0 aliphatic carbocycles. The maximum Gasteiger partial charge on any atom is 0.227 e.